The van der Waals surface area contributed by atoms with E-state index in [1.165, 1.54) is 9.80 Å². The van der Waals surface area contributed by atoms with Crippen LogP contribution in [0.1, 0.15) is 30.4 Å². The molecule has 4 aromatic rings. The van der Waals surface area contributed by atoms with E-state index in [0.29, 0.717) is 38.8 Å². The lowest BCUT2D eigenvalue weighted by atomic mass is 10.1. The van der Waals surface area contributed by atoms with Crippen molar-refractivity contribution in [3.63, 3.8) is 0 Å². The van der Waals surface area contributed by atoms with Crippen LogP contribution in [0.4, 0.5) is 31.0 Å². The molecular weight excluding hydrogens is 626 g/mol. The van der Waals surface area contributed by atoms with Crippen LogP contribution in [-0.2, 0) is 4.74 Å². The third kappa shape index (κ3) is 6.56. The normalized spacial score (nSPS) is 17.3. The number of urea groups is 1. The first-order valence-corrected chi connectivity index (χ1v) is 14.2. The van der Waals surface area contributed by atoms with Gasteiger partial charge in [-0.2, -0.15) is 27.0 Å². The highest BCUT2D eigenvalue weighted by atomic mass is 32.1. The lowest BCUT2D eigenvalue weighted by molar-refractivity contribution is 0.0281. The van der Waals surface area contributed by atoms with Crippen LogP contribution >= 0.6 is 38.3 Å². The van der Waals surface area contributed by atoms with Crippen LogP contribution < -0.4 is 20.3 Å². The molecule has 0 aliphatic carbocycles. The molecule has 2 aliphatic rings. The Labute approximate surface area is 271 Å². The molecule has 2 N–H and O–H groups in total. The Morgan fingerprint density at radius 1 is 1.02 bits per heavy atom. The van der Waals surface area contributed by atoms with Crippen molar-refractivity contribution < 1.29 is 28.2 Å². The second-order valence-corrected chi connectivity index (χ2v) is 12.0. The fraction of sp³-hybridized carbons (Fsp3) is 0.267. The Bertz CT molecular complexity index is 1680. The van der Waals surface area contributed by atoms with Crippen molar-refractivity contribution in [1.82, 2.24) is 15.2 Å². The molecule has 232 valence electrons. The molecule has 44 heavy (non-hydrogen) atoms. The first-order chi connectivity index (χ1) is 20.1. The number of aromatic nitrogens is 1. The smallest absolute Gasteiger partial charge is 0.410 e. The summed E-state index contributed by atoms with van der Waals surface area (Å²) in [6, 6.07) is 16.8. The van der Waals surface area contributed by atoms with Gasteiger partial charge in [-0.25, -0.2) is 19.0 Å². The first-order valence-electron chi connectivity index (χ1n) is 13.4. The molecular formula is C30H32FN5O5S3. The van der Waals surface area contributed by atoms with Gasteiger partial charge in [-0.1, -0.05) is 18.2 Å². The molecule has 1 fully saturated rings. The van der Waals surface area contributed by atoms with Gasteiger partial charge in [0.25, 0.3) is 5.91 Å². The number of halogens is 1. The van der Waals surface area contributed by atoms with Gasteiger partial charge in [-0.15, -0.1) is 11.3 Å². The Hall–Kier alpha value is -4.01. The van der Waals surface area contributed by atoms with Gasteiger partial charge in [0.05, 0.1) is 35.0 Å². The molecule has 0 radical (unpaired) electrons. The number of carbonyl (C=O) groups excluding carboxylic acids is 3. The maximum atomic E-state index is 14.9. The zero-order chi connectivity index (χ0) is 29.6. The monoisotopic (exact) mass is 657 g/mol. The summed E-state index contributed by atoms with van der Waals surface area (Å²) in [7, 11) is 0. The van der Waals surface area contributed by atoms with Crippen LogP contribution in [0, 0.1) is 0 Å². The lowest BCUT2D eigenvalue weighted by Gasteiger charge is -2.28. The minimum absolute atomic E-state index is 0. The Morgan fingerprint density at radius 3 is 2.39 bits per heavy atom. The van der Waals surface area contributed by atoms with Crippen LogP contribution in [0.5, 0.6) is 11.5 Å². The lowest BCUT2D eigenvalue weighted by Crippen LogP contribution is -2.42. The zero-order valence-electron chi connectivity index (χ0n) is 24.1. The maximum absolute atomic E-state index is 14.9. The molecule has 1 saturated heterocycles. The van der Waals surface area contributed by atoms with Crippen molar-refractivity contribution in [1.29, 1.82) is 0 Å². The number of ether oxygens (including phenoxy) is 2. The highest BCUT2D eigenvalue weighted by Gasteiger charge is 2.40. The van der Waals surface area contributed by atoms with Crippen molar-refractivity contribution >= 4 is 83.6 Å². The predicted molar refractivity (Wildman–Crippen MR) is 178 cm³/mol. The highest BCUT2D eigenvalue weighted by molar-refractivity contribution is 7.59. The van der Waals surface area contributed by atoms with E-state index in [-0.39, 0.29) is 45.0 Å². The third-order valence-electron chi connectivity index (χ3n) is 6.74. The molecule has 0 unspecified atom stereocenters. The second-order valence-electron chi connectivity index (χ2n) is 11.0. The summed E-state index contributed by atoms with van der Waals surface area (Å²) >= 11 is 1.10. The predicted octanol–water partition coefficient (Wildman–Crippen LogP) is 6.69. The Balaban J connectivity index is 0.00000221. The molecule has 4 heterocycles. The van der Waals surface area contributed by atoms with E-state index in [4.69, 9.17) is 9.47 Å². The number of nitrogens with one attached hydrogen (secondary N) is 2. The summed E-state index contributed by atoms with van der Waals surface area (Å²) in [6.07, 6.45) is -0.537. The van der Waals surface area contributed by atoms with Crippen molar-refractivity contribution in [2.24, 2.45) is 0 Å². The average molecular weight is 658 g/mol. The molecule has 2 aromatic carbocycles. The fourth-order valence-corrected chi connectivity index (χ4v) is 5.92. The van der Waals surface area contributed by atoms with E-state index in [1.54, 1.807) is 57.3 Å². The largest absolute Gasteiger partial charge is 0.457 e. The molecule has 2 aliphatic heterocycles. The van der Waals surface area contributed by atoms with Gasteiger partial charge < -0.3 is 25.0 Å². The number of amides is 4. The molecule has 4 amide bonds. The molecule has 0 saturated carbocycles. The molecule has 2 aromatic heterocycles. The van der Waals surface area contributed by atoms with Gasteiger partial charge in [0.2, 0.25) is 0 Å². The quantitative estimate of drug-likeness (QED) is 0.248. The topological polar surface area (TPSA) is 113 Å². The summed E-state index contributed by atoms with van der Waals surface area (Å²) in [5.74, 6) is 0.745. The number of thiophene rings is 1. The number of rotatable bonds is 5. The van der Waals surface area contributed by atoms with E-state index >= 15 is 0 Å². The molecule has 2 atom stereocenters. The standard InChI is InChI=1S/C30H28FN5O5S.2H2S/c1-30(2,3)41-29(39)35-15-20(31)21(16-35)33-26(37)25-24-23-22(13-14-32-27(23)42-25)36(28(38)34-24)17-9-11-19(12-10-17)40-18-7-5-4-6-8-18;;/h4-14,20-21H,15-16H2,1-3H3,(H,33,37)(H,34,38);2*1H2/t20-,21-;;/m0../s1. The third-order valence-corrected chi connectivity index (χ3v) is 7.84. The van der Waals surface area contributed by atoms with Crippen molar-refractivity contribution in [3.8, 4) is 11.5 Å². The number of benzene rings is 2. The van der Waals surface area contributed by atoms with E-state index in [2.05, 4.69) is 15.6 Å². The number of para-hydroxylation sites is 1. The van der Waals surface area contributed by atoms with E-state index in [0.717, 1.165) is 11.3 Å². The summed E-state index contributed by atoms with van der Waals surface area (Å²) in [5.41, 5.74) is 0.750. The number of pyridine rings is 1. The van der Waals surface area contributed by atoms with Crippen molar-refractivity contribution in [3.05, 3.63) is 71.7 Å². The number of alkyl halides is 1. The van der Waals surface area contributed by atoms with Crippen molar-refractivity contribution in [2.45, 2.75) is 38.6 Å². The second kappa shape index (κ2) is 12.9. The number of anilines is 3. The summed E-state index contributed by atoms with van der Waals surface area (Å²) < 4.78 is 26.1. The van der Waals surface area contributed by atoms with Gasteiger partial charge >= 0.3 is 12.1 Å². The van der Waals surface area contributed by atoms with Crippen molar-refractivity contribution in [2.75, 3.05) is 23.3 Å². The zero-order valence-corrected chi connectivity index (χ0v) is 26.9. The van der Waals surface area contributed by atoms with Crippen LogP contribution in [0.15, 0.2) is 66.9 Å². The van der Waals surface area contributed by atoms with Crippen LogP contribution in [0.3, 0.4) is 0 Å². The SMILES string of the molecule is CC(C)(C)OC(=O)N1C[C@H](NC(=O)c2sc3nccc4c3c2NC(=O)N4c2ccc(Oc3ccccc3)cc2)[C@@H](F)C1.S.S. The van der Waals surface area contributed by atoms with E-state index < -0.39 is 35.8 Å². The van der Waals surface area contributed by atoms with E-state index in [1.807, 2.05) is 30.3 Å². The van der Waals surface area contributed by atoms with Gasteiger partial charge in [-0.05, 0) is 63.2 Å². The van der Waals surface area contributed by atoms with Gasteiger partial charge in [0.15, 0.2) is 0 Å². The number of hydrogen-bond acceptors (Lipinski definition) is 7. The average Bonchev–Trinajstić information content (AvgIpc) is 3.50. The molecule has 0 bridgehead atoms. The fourth-order valence-electron chi connectivity index (χ4n) is 4.90. The minimum atomic E-state index is -1.47. The molecule has 0 spiro atoms. The Morgan fingerprint density at radius 2 is 1.70 bits per heavy atom. The van der Waals surface area contributed by atoms with Crippen LogP contribution in [-0.4, -0.2) is 58.8 Å². The van der Waals surface area contributed by atoms with Gasteiger partial charge in [-0.3, -0.25) is 9.69 Å². The maximum Gasteiger partial charge on any atom is 0.410 e. The molecule has 6 rings (SSSR count). The summed E-state index contributed by atoms with van der Waals surface area (Å²) in [6.45, 7) is 4.97. The molecule has 14 heteroatoms. The van der Waals surface area contributed by atoms with Gasteiger partial charge in [0, 0.05) is 12.7 Å². The molecule has 10 nitrogen and oxygen atoms in total. The van der Waals surface area contributed by atoms with Crippen LogP contribution in [0.2, 0.25) is 0 Å². The van der Waals surface area contributed by atoms with E-state index in [9.17, 15) is 18.8 Å². The highest BCUT2D eigenvalue weighted by Crippen LogP contribution is 2.46. The minimum Gasteiger partial charge on any atom is -0.457 e. The number of likely N-dealkylation sites (tertiary alicyclic amines) is 1. The number of nitrogens with zero attached hydrogens (tertiary/aromatic N) is 3. The van der Waals surface area contributed by atoms with Gasteiger partial charge in [0.1, 0.15) is 33.0 Å². The Kier molecular flexibility index (Phi) is 9.66. The number of carbonyl (C=O) groups is 3. The summed E-state index contributed by atoms with van der Waals surface area (Å²) in [5, 5.41) is 6.14. The number of hydrogen-bond donors (Lipinski definition) is 2. The summed E-state index contributed by atoms with van der Waals surface area (Å²) in [4.78, 5) is 47.1. The first kappa shape index (κ1) is 32.9. The van der Waals surface area contributed by atoms with Crippen LogP contribution in [0.25, 0.3) is 10.2 Å².